The van der Waals surface area contributed by atoms with Crippen molar-refractivity contribution in [2.24, 2.45) is 0 Å². The maximum absolute atomic E-state index is 12.4. The van der Waals surface area contributed by atoms with Crippen LogP contribution < -0.4 is 37.9 Å². The van der Waals surface area contributed by atoms with Crippen LogP contribution in [0.25, 0.3) is 42.3 Å². The molecule has 92 heavy (non-hydrogen) atoms. The Hall–Kier alpha value is -7.42. The lowest BCUT2D eigenvalue weighted by Gasteiger charge is -2.10. The van der Waals surface area contributed by atoms with Crippen LogP contribution in [-0.2, 0) is 37.0 Å². The van der Waals surface area contributed by atoms with Gasteiger partial charge in [0.05, 0.1) is 59.1 Å². The van der Waals surface area contributed by atoms with Crippen molar-refractivity contribution in [3.05, 3.63) is 115 Å². The van der Waals surface area contributed by atoms with E-state index in [4.69, 9.17) is 42.6 Å². The van der Waals surface area contributed by atoms with E-state index in [1.54, 1.807) is 99.3 Å². The van der Waals surface area contributed by atoms with Gasteiger partial charge in [-0.2, -0.15) is 0 Å². The molecule has 25 heteroatoms. The summed E-state index contributed by atoms with van der Waals surface area (Å²) in [5, 5.41) is 22.4. The summed E-state index contributed by atoms with van der Waals surface area (Å²) < 4.78 is 96.9. The number of halogens is 4. The van der Waals surface area contributed by atoms with Crippen molar-refractivity contribution in [3.63, 3.8) is 0 Å². The minimum Gasteiger partial charge on any atom is -0.493 e. The highest BCUT2D eigenvalue weighted by molar-refractivity contribution is 7.16. The molecule has 4 heterocycles. The average Bonchev–Trinajstić information content (AvgIpc) is 1.72. The van der Waals surface area contributed by atoms with Crippen LogP contribution in [0.1, 0.15) is 125 Å². The Morgan fingerprint density at radius 2 is 0.837 bits per heavy atom. The van der Waals surface area contributed by atoms with Crippen LogP contribution in [0.5, 0.6) is 46.0 Å². The van der Waals surface area contributed by atoms with E-state index in [-0.39, 0.29) is 33.0 Å². The first-order chi connectivity index (χ1) is 44.7. The molecule has 0 aliphatic rings. The third-order valence-corrected chi connectivity index (χ3v) is 17.7. The molecule has 4 aromatic carbocycles. The number of ether oxygens (including phenoxy) is 9. The Morgan fingerprint density at radius 3 is 1.21 bits per heavy atom. The molecule has 0 bridgehead atoms. The summed E-state index contributed by atoms with van der Waals surface area (Å²) in [6.07, 6.45) is 7.42. The van der Waals surface area contributed by atoms with Gasteiger partial charge >= 0.3 is 5.97 Å². The zero-order valence-corrected chi connectivity index (χ0v) is 56.9. The number of methoxy groups -OCH3 is 4. The van der Waals surface area contributed by atoms with E-state index in [0.29, 0.717) is 69.0 Å². The number of hydrogen-bond donors (Lipinski definition) is 2. The highest BCUT2D eigenvalue weighted by Gasteiger charge is 2.22. The molecular formula is C67H82F4N4O13S4. The summed E-state index contributed by atoms with van der Waals surface area (Å²) in [6, 6.07) is 21.6. The molecule has 4 aromatic heterocycles. The number of benzene rings is 4. The van der Waals surface area contributed by atoms with Gasteiger partial charge in [0.1, 0.15) is 78.9 Å². The molecule has 0 spiro atoms. The third kappa shape index (κ3) is 21.6. The van der Waals surface area contributed by atoms with Gasteiger partial charge in [-0.15, -0.1) is 45.3 Å². The Kier molecular flexibility index (Phi) is 33.2. The first kappa shape index (κ1) is 75.3. The van der Waals surface area contributed by atoms with Gasteiger partial charge in [-0.25, -0.2) is 42.3 Å². The van der Waals surface area contributed by atoms with Crippen LogP contribution in [0.2, 0.25) is 0 Å². The molecular weight excluding hydrogens is 1270 g/mol. The second-order valence-corrected chi connectivity index (χ2v) is 24.0. The summed E-state index contributed by atoms with van der Waals surface area (Å²) >= 11 is 6.09. The van der Waals surface area contributed by atoms with Crippen molar-refractivity contribution in [3.8, 4) is 88.3 Å². The van der Waals surface area contributed by atoms with Crippen LogP contribution in [0, 0.1) is 0 Å². The minimum absolute atomic E-state index is 0.0132. The lowest BCUT2D eigenvalue weighted by atomic mass is 10.2. The number of nitrogens with zero attached hydrogens (tertiary/aromatic N) is 4. The second kappa shape index (κ2) is 40.5. The Balaban J connectivity index is 0.000000223. The van der Waals surface area contributed by atoms with E-state index in [1.807, 2.05) is 31.2 Å². The van der Waals surface area contributed by atoms with Gasteiger partial charge in [-0.1, -0.05) is 53.4 Å². The third-order valence-electron chi connectivity index (χ3n) is 12.9. The summed E-state index contributed by atoms with van der Waals surface area (Å²) in [5.41, 5.74) is 5.66. The van der Waals surface area contributed by atoms with Gasteiger partial charge in [0.2, 0.25) is 0 Å². The molecule has 500 valence electrons. The molecule has 2 N–H and O–H groups in total. The summed E-state index contributed by atoms with van der Waals surface area (Å²) in [5.74, 6) is 3.68. The number of alkyl halides is 4. The number of hydrogen-bond acceptors (Lipinski definition) is 21. The molecule has 1 atom stereocenters. The minimum atomic E-state index is -0.595. The lowest BCUT2D eigenvalue weighted by Crippen LogP contribution is -2.07. The summed E-state index contributed by atoms with van der Waals surface area (Å²) in [4.78, 5) is 45.2. The van der Waals surface area contributed by atoms with E-state index in [0.717, 1.165) is 126 Å². The molecule has 1 unspecified atom stereocenters. The molecule has 8 aromatic rings. The molecule has 0 radical (unpaired) electrons. The van der Waals surface area contributed by atoms with Crippen LogP contribution >= 0.6 is 45.3 Å². The van der Waals surface area contributed by atoms with Crippen molar-refractivity contribution < 1.29 is 80.0 Å². The fourth-order valence-electron chi connectivity index (χ4n) is 8.77. The molecule has 0 aliphatic heterocycles. The predicted octanol–water partition coefficient (Wildman–Crippen LogP) is 16.0. The van der Waals surface area contributed by atoms with E-state index in [9.17, 15) is 37.4 Å². The van der Waals surface area contributed by atoms with Crippen LogP contribution in [0.3, 0.4) is 0 Å². The highest BCUT2D eigenvalue weighted by atomic mass is 32.1. The number of carbonyl (C=O) groups excluding carboxylic acids is 2. The molecule has 0 fully saturated rings. The fourth-order valence-corrected chi connectivity index (χ4v) is 13.5. The number of aliphatic hydroxyl groups is 2. The van der Waals surface area contributed by atoms with Gasteiger partial charge < -0.3 is 52.8 Å². The van der Waals surface area contributed by atoms with E-state index >= 15 is 0 Å². The van der Waals surface area contributed by atoms with Crippen molar-refractivity contribution in [2.75, 3.05) is 88.2 Å². The van der Waals surface area contributed by atoms with Gasteiger partial charge in [0, 0.05) is 41.8 Å². The van der Waals surface area contributed by atoms with Crippen molar-refractivity contribution in [1.82, 2.24) is 19.9 Å². The number of rotatable bonds is 33. The number of esters is 1. The number of aldehydes is 1. The molecule has 8 rings (SSSR count). The fraction of sp³-hybridized carbons (Fsp3) is 0.433. The first-order valence-corrected chi connectivity index (χ1v) is 33.3. The predicted molar refractivity (Wildman–Crippen MR) is 356 cm³/mol. The average molecular weight is 1360 g/mol. The Morgan fingerprint density at radius 1 is 0.489 bits per heavy atom. The van der Waals surface area contributed by atoms with Crippen molar-refractivity contribution in [1.29, 1.82) is 0 Å². The van der Waals surface area contributed by atoms with E-state index in [2.05, 4.69) is 40.7 Å². The zero-order chi connectivity index (χ0) is 67.0. The largest absolute Gasteiger partial charge is 0.493 e. The maximum atomic E-state index is 12.4. The lowest BCUT2D eigenvalue weighted by molar-refractivity contribution is 0.0519. The number of carbonyl (C=O) groups is 2. The molecule has 0 amide bonds. The monoisotopic (exact) mass is 1350 g/mol. The van der Waals surface area contributed by atoms with Crippen molar-refractivity contribution in [2.45, 2.75) is 106 Å². The van der Waals surface area contributed by atoms with Gasteiger partial charge in [0.25, 0.3) is 0 Å². The van der Waals surface area contributed by atoms with Crippen LogP contribution in [-0.4, -0.2) is 131 Å². The standard InChI is InChI=1S/C18H22FNO4S.C17H22FNO3S.C16H20FNO3S.C16H18FNO3S/c1-4-6-15-16(18(21)23-5-2)20-17(25-15)12-7-8-13(22-3)14(11-12)24-10-9-19;1-4-5-15-16(11(2)20)19-17(23-15)12-6-7-13(21-3)14(10-12)22-9-8-18;2*1-3-4-15-12(10-19)18-16(22-15)11-5-6-13(20-2)14(9-11)21-8-7-17/h7-8,11H,4-6,9-10H2,1-3H3;6-7,10-11,20H,4-5,8-9H2,1-3H3;5-6,9,19H,3-4,7-8,10H2,1-2H3;5-6,9-10H,3-4,7-8H2,1-2H3. The molecule has 0 aliphatic carbocycles. The van der Waals surface area contributed by atoms with Gasteiger partial charge in [-0.05, 0) is 112 Å². The van der Waals surface area contributed by atoms with E-state index < -0.39 is 38.8 Å². The zero-order valence-electron chi connectivity index (χ0n) is 53.6. The van der Waals surface area contributed by atoms with Gasteiger partial charge in [0.15, 0.2) is 58.0 Å². The topological polar surface area (TPSA) is 209 Å². The highest BCUT2D eigenvalue weighted by Crippen LogP contribution is 2.40. The first-order valence-electron chi connectivity index (χ1n) is 30.1. The van der Waals surface area contributed by atoms with E-state index in [1.165, 1.54) is 36.9 Å². The Labute approximate surface area is 551 Å². The molecule has 0 saturated heterocycles. The number of aliphatic hydroxyl groups excluding tert-OH is 2. The molecule has 0 saturated carbocycles. The number of aromatic nitrogens is 4. The SMILES string of the molecule is CCCc1sc(-c2ccc(OC)c(OCCF)c2)nc1C(=O)OCC.CCCc1sc(-c2ccc(OC)c(OCCF)c2)nc1C(C)O.CCCc1sc(-c2ccc(OC)c(OCCF)c2)nc1C=O.CCCc1sc(-c2ccc(OC)c(OCCF)c2)nc1CO. The molecule has 17 nitrogen and oxygen atoms in total. The van der Waals surface area contributed by atoms with Crippen molar-refractivity contribution >= 4 is 57.6 Å². The summed E-state index contributed by atoms with van der Waals surface area (Å²) in [7, 11) is 6.15. The number of aryl methyl sites for hydroxylation is 4. The van der Waals surface area contributed by atoms with Gasteiger partial charge in [-0.3, -0.25) is 4.79 Å². The maximum Gasteiger partial charge on any atom is 0.358 e. The second-order valence-electron chi connectivity index (χ2n) is 19.6. The summed E-state index contributed by atoms with van der Waals surface area (Å²) in [6.45, 7) is 9.66. The smallest absolute Gasteiger partial charge is 0.358 e. The normalized spacial score (nSPS) is 11.0. The quantitative estimate of drug-likeness (QED) is 0.0223. The number of thiazole rings is 4. The van der Waals surface area contributed by atoms with Crippen LogP contribution in [0.15, 0.2) is 72.8 Å². The van der Waals surface area contributed by atoms with Crippen LogP contribution in [0.4, 0.5) is 17.6 Å². The Bertz CT molecular complexity index is 3520.